The van der Waals surface area contributed by atoms with Crippen LogP contribution in [0.4, 0.5) is 0 Å². The van der Waals surface area contributed by atoms with E-state index in [4.69, 9.17) is 19.7 Å². The summed E-state index contributed by atoms with van der Waals surface area (Å²) in [6.45, 7) is 10.3. The summed E-state index contributed by atoms with van der Waals surface area (Å²) in [6.07, 6.45) is 3.47. The fourth-order valence-corrected chi connectivity index (χ4v) is 3.45. The molecule has 0 aliphatic carbocycles. The molecule has 0 aromatic heterocycles. The molecule has 2 N–H and O–H groups in total. The standard InChI is InChI=1S/C29H36O6/c1-20(2)6-5-7-23-8-10-24(11-9-23)25-12-14-26(15-13-25)27(18-34-28(32)21(3)16-30)19-35-29(33)22(4)17-31/h8-15,20,27,30-31H,3-7,16-19H2,1-2H3. The van der Waals surface area contributed by atoms with Crippen molar-refractivity contribution >= 4 is 11.9 Å². The third-order valence-corrected chi connectivity index (χ3v) is 5.71. The summed E-state index contributed by atoms with van der Waals surface area (Å²) in [7, 11) is 0. The minimum atomic E-state index is -0.714. The van der Waals surface area contributed by atoms with E-state index in [-0.39, 0.29) is 24.4 Å². The SMILES string of the molecule is C=C(CO)C(=O)OCC(COC(=O)C(=C)CO)c1ccc(-c2ccc(CCCC(C)C)cc2)cc1. The minimum Gasteiger partial charge on any atom is -0.461 e. The highest BCUT2D eigenvalue weighted by molar-refractivity contribution is 5.88. The van der Waals surface area contributed by atoms with Gasteiger partial charge < -0.3 is 19.7 Å². The van der Waals surface area contributed by atoms with Gasteiger partial charge in [0.25, 0.3) is 0 Å². The van der Waals surface area contributed by atoms with Gasteiger partial charge in [0.1, 0.15) is 13.2 Å². The van der Waals surface area contributed by atoms with Gasteiger partial charge in [-0.05, 0) is 41.0 Å². The van der Waals surface area contributed by atoms with Crippen molar-refractivity contribution in [3.05, 3.63) is 84.0 Å². The molecule has 0 spiro atoms. The zero-order valence-electron chi connectivity index (χ0n) is 20.7. The molecule has 0 bridgehead atoms. The van der Waals surface area contributed by atoms with E-state index < -0.39 is 31.1 Å². The van der Waals surface area contributed by atoms with Crippen molar-refractivity contribution in [2.24, 2.45) is 5.92 Å². The van der Waals surface area contributed by atoms with Gasteiger partial charge in [-0.15, -0.1) is 0 Å². The second kappa shape index (κ2) is 14.2. The van der Waals surface area contributed by atoms with Crippen LogP contribution in [0.25, 0.3) is 11.1 Å². The van der Waals surface area contributed by atoms with Gasteiger partial charge in [0, 0.05) is 0 Å². The fourth-order valence-electron chi connectivity index (χ4n) is 3.45. The Hall–Kier alpha value is -3.22. The molecule has 0 fully saturated rings. The third-order valence-electron chi connectivity index (χ3n) is 5.71. The molecule has 0 aliphatic rings. The molecular weight excluding hydrogens is 444 g/mol. The molecule has 0 radical (unpaired) electrons. The number of aliphatic hydroxyl groups is 2. The first kappa shape index (κ1) is 28.0. The molecule has 2 aromatic rings. The van der Waals surface area contributed by atoms with Crippen LogP contribution in [0.1, 0.15) is 43.7 Å². The number of hydrogen-bond donors (Lipinski definition) is 2. The molecule has 0 saturated heterocycles. The number of benzene rings is 2. The molecule has 188 valence electrons. The van der Waals surface area contributed by atoms with Crippen molar-refractivity contribution in [1.29, 1.82) is 0 Å². The summed E-state index contributed by atoms with van der Waals surface area (Å²) >= 11 is 0. The molecule has 2 aromatic carbocycles. The van der Waals surface area contributed by atoms with Crippen molar-refractivity contribution in [3.63, 3.8) is 0 Å². The number of ether oxygens (including phenoxy) is 2. The Morgan fingerprint density at radius 3 is 1.69 bits per heavy atom. The quantitative estimate of drug-likeness (QED) is 0.303. The number of carbonyl (C=O) groups is 2. The summed E-state index contributed by atoms with van der Waals surface area (Å²) < 4.78 is 10.5. The Morgan fingerprint density at radius 2 is 1.26 bits per heavy atom. The largest absolute Gasteiger partial charge is 0.461 e. The van der Waals surface area contributed by atoms with E-state index >= 15 is 0 Å². The number of aliphatic hydroxyl groups excluding tert-OH is 2. The van der Waals surface area contributed by atoms with Crippen LogP contribution in [0.2, 0.25) is 0 Å². The molecule has 0 heterocycles. The van der Waals surface area contributed by atoms with Crippen LogP contribution in [-0.2, 0) is 25.5 Å². The van der Waals surface area contributed by atoms with Crippen LogP contribution < -0.4 is 0 Å². The Balaban J connectivity index is 2.10. The van der Waals surface area contributed by atoms with Crippen molar-refractivity contribution in [1.82, 2.24) is 0 Å². The van der Waals surface area contributed by atoms with Crippen molar-refractivity contribution in [2.45, 2.75) is 39.0 Å². The average molecular weight is 481 g/mol. The summed E-state index contributed by atoms with van der Waals surface area (Å²) in [5.41, 5.74) is 4.15. The van der Waals surface area contributed by atoms with Crippen molar-refractivity contribution in [3.8, 4) is 11.1 Å². The lowest BCUT2D eigenvalue weighted by Crippen LogP contribution is -2.21. The van der Waals surface area contributed by atoms with Crippen LogP contribution >= 0.6 is 0 Å². The maximum absolute atomic E-state index is 11.9. The van der Waals surface area contributed by atoms with Gasteiger partial charge in [-0.1, -0.05) is 82.0 Å². The molecule has 0 saturated carbocycles. The van der Waals surface area contributed by atoms with Gasteiger partial charge in [0.2, 0.25) is 0 Å². The predicted molar refractivity (Wildman–Crippen MR) is 137 cm³/mol. The predicted octanol–water partition coefficient (Wildman–Crippen LogP) is 4.60. The third kappa shape index (κ3) is 9.15. The van der Waals surface area contributed by atoms with Crippen LogP contribution in [-0.4, -0.2) is 48.6 Å². The Morgan fingerprint density at radius 1 is 0.800 bits per heavy atom. The summed E-state index contributed by atoms with van der Waals surface area (Å²) in [5, 5.41) is 18.1. The summed E-state index contributed by atoms with van der Waals surface area (Å²) in [4.78, 5) is 23.9. The Bertz CT molecular complexity index is 957. The van der Waals surface area contributed by atoms with E-state index in [2.05, 4.69) is 51.3 Å². The fraction of sp³-hybridized carbons (Fsp3) is 0.379. The Kier molecular flexibility index (Phi) is 11.4. The first-order valence-corrected chi connectivity index (χ1v) is 11.9. The first-order valence-electron chi connectivity index (χ1n) is 11.9. The second-order valence-corrected chi connectivity index (χ2v) is 9.02. The number of aryl methyl sites for hydroxylation is 1. The maximum Gasteiger partial charge on any atom is 0.335 e. The summed E-state index contributed by atoms with van der Waals surface area (Å²) in [5.74, 6) is -1.16. The molecule has 6 heteroatoms. The van der Waals surface area contributed by atoms with Crippen LogP contribution in [0.15, 0.2) is 72.8 Å². The van der Waals surface area contributed by atoms with Crippen molar-refractivity contribution < 1.29 is 29.3 Å². The summed E-state index contributed by atoms with van der Waals surface area (Å²) in [6, 6.07) is 16.3. The van der Waals surface area contributed by atoms with Gasteiger partial charge in [-0.3, -0.25) is 0 Å². The molecule has 6 nitrogen and oxygen atoms in total. The normalized spacial score (nSPS) is 10.9. The molecule has 0 amide bonds. The van der Waals surface area contributed by atoms with Crippen LogP contribution in [0.5, 0.6) is 0 Å². The lowest BCUT2D eigenvalue weighted by atomic mass is 9.96. The number of rotatable bonds is 14. The molecule has 2 rings (SSSR count). The molecule has 35 heavy (non-hydrogen) atoms. The number of esters is 2. The monoisotopic (exact) mass is 480 g/mol. The van der Waals surface area contributed by atoms with E-state index in [0.717, 1.165) is 23.1 Å². The average Bonchev–Trinajstić information content (AvgIpc) is 2.87. The van der Waals surface area contributed by atoms with Gasteiger partial charge in [-0.2, -0.15) is 0 Å². The first-order chi connectivity index (χ1) is 16.7. The molecule has 0 unspecified atom stereocenters. The topological polar surface area (TPSA) is 93.1 Å². The van der Waals surface area contributed by atoms with E-state index in [1.807, 2.05) is 24.3 Å². The lowest BCUT2D eigenvalue weighted by molar-refractivity contribution is -0.142. The van der Waals surface area contributed by atoms with Gasteiger partial charge in [0.15, 0.2) is 0 Å². The molecule has 0 atom stereocenters. The zero-order chi connectivity index (χ0) is 25.8. The van der Waals surface area contributed by atoms with E-state index in [1.54, 1.807) is 0 Å². The van der Waals surface area contributed by atoms with Gasteiger partial charge in [0.05, 0.1) is 30.3 Å². The minimum absolute atomic E-state index is 0.0580. The van der Waals surface area contributed by atoms with E-state index in [0.29, 0.717) is 5.92 Å². The van der Waals surface area contributed by atoms with Crippen molar-refractivity contribution in [2.75, 3.05) is 26.4 Å². The van der Waals surface area contributed by atoms with E-state index in [9.17, 15) is 9.59 Å². The number of hydrogen-bond acceptors (Lipinski definition) is 6. The number of carbonyl (C=O) groups excluding carboxylic acids is 2. The molecular formula is C29H36O6. The van der Waals surface area contributed by atoms with Gasteiger partial charge in [-0.25, -0.2) is 9.59 Å². The highest BCUT2D eigenvalue weighted by Gasteiger charge is 2.19. The smallest absolute Gasteiger partial charge is 0.335 e. The van der Waals surface area contributed by atoms with Gasteiger partial charge >= 0.3 is 11.9 Å². The molecule has 0 aliphatic heterocycles. The lowest BCUT2D eigenvalue weighted by Gasteiger charge is -2.18. The Labute approximate surface area is 207 Å². The maximum atomic E-state index is 11.9. The highest BCUT2D eigenvalue weighted by atomic mass is 16.5. The van der Waals surface area contributed by atoms with Crippen LogP contribution in [0, 0.1) is 5.92 Å². The van der Waals surface area contributed by atoms with Crippen LogP contribution in [0.3, 0.4) is 0 Å². The second-order valence-electron chi connectivity index (χ2n) is 9.02. The zero-order valence-corrected chi connectivity index (χ0v) is 20.7. The highest BCUT2D eigenvalue weighted by Crippen LogP contribution is 2.25. The van der Waals surface area contributed by atoms with E-state index in [1.165, 1.54) is 18.4 Å².